The minimum atomic E-state index is -2.04. The second kappa shape index (κ2) is 6.88. The molecule has 33 heavy (non-hydrogen) atoms. The van der Waals surface area contributed by atoms with E-state index >= 15 is 0 Å². The molecule has 0 aromatic heterocycles. The highest BCUT2D eigenvalue weighted by molar-refractivity contribution is 5.34. The Balaban J connectivity index is 1.65. The van der Waals surface area contributed by atoms with Gasteiger partial charge in [-0.05, 0) is 103 Å². The summed E-state index contributed by atoms with van der Waals surface area (Å²) in [7, 11) is 0. The summed E-state index contributed by atoms with van der Waals surface area (Å²) in [5, 5.41) is 34.1. The fraction of sp³-hybridized carbons (Fsp3) is 0.933. The monoisotopic (exact) mass is 458 g/mol. The van der Waals surface area contributed by atoms with Gasteiger partial charge >= 0.3 is 0 Å². The Labute approximate surface area is 202 Å². The number of allylic oxidation sites excluding steroid dienone is 2. The Morgan fingerprint density at radius 3 is 2.18 bits per heavy atom. The van der Waals surface area contributed by atoms with Crippen LogP contribution in [0.1, 0.15) is 107 Å². The highest BCUT2D eigenvalue weighted by Gasteiger charge is 2.73. The molecule has 4 saturated carbocycles. The molecular formula is C30H50O3. The lowest BCUT2D eigenvalue weighted by Crippen LogP contribution is -2.73. The van der Waals surface area contributed by atoms with Crippen LogP contribution in [0, 0.1) is 56.7 Å². The third-order valence-corrected chi connectivity index (χ3v) is 13.4. The van der Waals surface area contributed by atoms with Crippen LogP contribution < -0.4 is 0 Å². The highest BCUT2D eigenvalue weighted by atomic mass is 16.5. The van der Waals surface area contributed by atoms with E-state index in [4.69, 9.17) is 0 Å². The lowest BCUT2D eigenvalue weighted by atomic mass is 9.32. The van der Waals surface area contributed by atoms with Crippen LogP contribution >= 0.6 is 0 Å². The molecule has 0 aromatic rings. The molecular weight excluding hydrogens is 408 g/mol. The minimum absolute atomic E-state index is 0.00786. The lowest BCUT2D eigenvalue weighted by Gasteiger charge is -2.73. The van der Waals surface area contributed by atoms with Gasteiger partial charge in [-0.25, -0.2) is 0 Å². The fourth-order valence-electron chi connectivity index (χ4n) is 11.0. The van der Waals surface area contributed by atoms with Crippen molar-refractivity contribution in [2.45, 2.75) is 119 Å². The van der Waals surface area contributed by atoms with E-state index in [0.717, 1.165) is 25.2 Å². The van der Waals surface area contributed by atoms with Crippen LogP contribution in [0.3, 0.4) is 0 Å². The van der Waals surface area contributed by atoms with E-state index in [9.17, 15) is 15.3 Å². The molecule has 5 aliphatic rings. The number of rotatable bonds is 0. The fourth-order valence-corrected chi connectivity index (χ4v) is 11.0. The molecule has 3 nitrogen and oxygen atoms in total. The Bertz CT molecular complexity index is 859. The van der Waals surface area contributed by atoms with Crippen molar-refractivity contribution < 1.29 is 15.3 Å². The van der Waals surface area contributed by atoms with Crippen LogP contribution in [0.5, 0.6) is 0 Å². The van der Waals surface area contributed by atoms with Gasteiger partial charge in [-0.1, -0.05) is 67.0 Å². The van der Waals surface area contributed by atoms with Gasteiger partial charge in [0.05, 0.1) is 0 Å². The molecule has 5 aliphatic carbocycles. The predicted molar refractivity (Wildman–Crippen MR) is 133 cm³/mol. The summed E-state index contributed by atoms with van der Waals surface area (Å²) in [6.45, 7) is 19.1. The van der Waals surface area contributed by atoms with Crippen molar-refractivity contribution in [3.8, 4) is 0 Å². The smallest absolute Gasteiger partial charge is 0.195 e. The first-order chi connectivity index (χ1) is 15.1. The molecule has 0 heterocycles. The van der Waals surface area contributed by atoms with Gasteiger partial charge in [-0.15, -0.1) is 0 Å². The standard InChI is InChI=1S/C30H50O3/c1-18-11-13-26(5)15-16-27(6)20(24(26)19(18)2)9-10-22-28(27,7)14-12-21-25(3,4)17-23(31)30(32,33)29(21,22)8/h9,18-19,21-24,31-33H,10-17H2,1-8H3/t18-,19+,21+,22+,23?,24+,26-,27-,28-,29+/m1/s1. The molecule has 0 radical (unpaired) electrons. The molecule has 0 aliphatic heterocycles. The average molecular weight is 459 g/mol. The summed E-state index contributed by atoms with van der Waals surface area (Å²) in [6, 6.07) is 0. The van der Waals surface area contributed by atoms with Crippen molar-refractivity contribution in [1.82, 2.24) is 0 Å². The molecule has 0 bridgehead atoms. The number of aliphatic hydroxyl groups is 3. The van der Waals surface area contributed by atoms with E-state index in [1.165, 1.54) is 25.7 Å². The number of hydrogen-bond donors (Lipinski definition) is 3. The third-order valence-electron chi connectivity index (χ3n) is 13.4. The van der Waals surface area contributed by atoms with Gasteiger partial charge in [0.15, 0.2) is 5.79 Å². The first-order valence-corrected chi connectivity index (χ1v) is 13.9. The second-order valence-electron chi connectivity index (χ2n) is 15.0. The first kappa shape index (κ1) is 24.3. The summed E-state index contributed by atoms with van der Waals surface area (Å²) >= 11 is 0. The zero-order valence-corrected chi connectivity index (χ0v) is 22.5. The molecule has 0 amide bonds. The van der Waals surface area contributed by atoms with Crippen LogP contribution in [0.15, 0.2) is 11.6 Å². The maximum Gasteiger partial charge on any atom is 0.195 e. The van der Waals surface area contributed by atoms with Gasteiger partial charge in [0.1, 0.15) is 6.10 Å². The minimum Gasteiger partial charge on any atom is -0.387 e. The van der Waals surface area contributed by atoms with Crippen molar-refractivity contribution in [3.63, 3.8) is 0 Å². The topological polar surface area (TPSA) is 60.7 Å². The van der Waals surface area contributed by atoms with E-state index in [-0.39, 0.29) is 28.1 Å². The van der Waals surface area contributed by atoms with Gasteiger partial charge in [0.2, 0.25) is 0 Å². The van der Waals surface area contributed by atoms with Crippen LogP contribution in [0.2, 0.25) is 0 Å². The Morgan fingerprint density at radius 1 is 0.848 bits per heavy atom. The molecule has 1 unspecified atom stereocenters. The van der Waals surface area contributed by atoms with Gasteiger partial charge in [-0.3, -0.25) is 0 Å². The van der Waals surface area contributed by atoms with Gasteiger partial charge in [0, 0.05) is 5.41 Å². The van der Waals surface area contributed by atoms with E-state index < -0.39 is 17.3 Å². The molecule has 3 N–H and O–H groups in total. The Morgan fingerprint density at radius 2 is 1.52 bits per heavy atom. The van der Waals surface area contributed by atoms with Crippen molar-refractivity contribution >= 4 is 0 Å². The molecule has 188 valence electrons. The Kier molecular flexibility index (Phi) is 5.07. The average Bonchev–Trinajstić information content (AvgIpc) is 2.71. The summed E-state index contributed by atoms with van der Waals surface area (Å²) < 4.78 is 0. The number of hydrogen-bond acceptors (Lipinski definition) is 3. The Hall–Kier alpha value is -0.380. The van der Waals surface area contributed by atoms with Gasteiger partial charge < -0.3 is 15.3 Å². The van der Waals surface area contributed by atoms with Crippen LogP contribution in [0.25, 0.3) is 0 Å². The summed E-state index contributed by atoms with van der Waals surface area (Å²) in [5.41, 5.74) is 1.37. The predicted octanol–water partition coefficient (Wildman–Crippen LogP) is 6.32. The summed E-state index contributed by atoms with van der Waals surface area (Å²) in [4.78, 5) is 0. The van der Waals surface area contributed by atoms with Crippen molar-refractivity contribution in [2.24, 2.45) is 56.7 Å². The van der Waals surface area contributed by atoms with Crippen molar-refractivity contribution in [2.75, 3.05) is 0 Å². The highest BCUT2D eigenvalue weighted by Crippen LogP contribution is 2.76. The largest absolute Gasteiger partial charge is 0.387 e. The molecule has 3 heteroatoms. The first-order valence-electron chi connectivity index (χ1n) is 13.9. The maximum absolute atomic E-state index is 11.6. The summed E-state index contributed by atoms with van der Waals surface area (Å²) in [6.07, 6.45) is 10.2. The molecule has 0 aromatic carbocycles. The van der Waals surface area contributed by atoms with Crippen LogP contribution in [-0.4, -0.2) is 27.2 Å². The van der Waals surface area contributed by atoms with Crippen LogP contribution in [-0.2, 0) is 0 Å². The maximum atomic E-state index is 11.6. The van der Waals surface area contributed by atoms with Gasteiger partial charge in [0.25, 0.3) is 0 Å². The second-order valence-corrected chi connectivity index (χ2v) is 15.0. The quantitative estimate of drug-likeness (QED) is 0.294. The lowest BCUT2D eigenvalue weighted by molar-refractivity contribution is -0.373. The number of aliphatic hydroxyl groups excluding tert-OH is 1. The summed E-state index contributed by atoms with van der Waals surface area (Å²) in [5.74, 6) is 0.417. The normalized spacial score (nSPS) is 57.1. The zero-order chi connectivity index (χ0) is 24.4. The third kappa shape index (κ3) is 2.74. The zero-order valence-electron chi connectivity index (χ0n) is 22.5. The van der Waals surface area contributed by atoms with E-state index in [0.29, 0.717) is 23.7 Å². The van der Waals surface area contributed by atoms with E-state index in [1.54, 1.807) is 5.57 Å². The molecule has 0 spiro atoms. The van der Waals surface area contributed by atoms with Crippen LogP contribution in [0.4, 0.5) is 0 Å². The van der Waals surface area contributed by atoms with Crippen molar-refractivity contribution in [1.29, 1.82) is 0 Å². The van der Waals surface area contributed by atoms with E-state index in [2.05, 4.69) is 61.5 Å². The SMILES string of the molecule is C[C@H]1[C@H](C)CC[C@]2(C)CC[C@]3(C)C(=CC[C@@H]4[C@]5(C)[C@@H](CC[C@]43C)C(C)(C)CC(O)C5(O)O)[C@H]12. The van der Waals surface area contributed by atoms with Gasteiger partial charge in [-0.2, -0.15) is 0 Å². The molecule has 5 rings (SSSR count). The van der Waals surface area contributed by atoms with Crippen molar-refractivity contribution in [3.05, 3.63) is 11.6 Å². The number of fused-ring (bicyclic) bond motifs is 7. The molecule has 4 fully saturated rings. The van der Waals surface area contributed by atoms with E-state index in [1.807, 2.05) is 0 Å². The molecule has 10 atom stereocenters. The molecule has 0 saturated heterocycles.